The number of carbonyl (C=O) groups excluding carboxylic acids is 1. The molecule has 0 bridgehead atoms. The number of hydrogen-bond donors (Lipinski definition) is 0. The molecule has 0 unspecified atom stereocenters. The van der Waals surface area contributed by atoms with Crippen molar-refractivity contribution in [2.45, 2.75) is 6.29 Å². The van der Waals surface area contributed by atoms with Gasteiger partial charge >= 0.3 is 0 Å². The van der Waals surface area contributed by atoms with Crippen molar-refractivity contribution in [1.82, 2.24) is 0 Å². The molecule has 0 spiro atoms. The number of hydrogen-bond acceptors (Lipinski definition) is 3. The molecule has 1 heterocycles. The standard InChI is InChI=1S/C6H7IO3/c1-9-6-2-4(7)5(8)3-10-6/h2,6H,3H2,1H3/t6-/m1/s1. The maximum Gasteiger partial charge on any atom is 0.194 e. The molecule has 4 heteroatoms. The van der Waals surface area contributed by atoms with E-state index in [9.17, 15) is 4.79 Å². The second kappa shape index (κ2) is 3.45. The van der Waals surface area contributed by atoms with Gasteiger partial charge in [0.05, 0.1) is 3.58 Å². The zero-order chi connectivity index (χ0) is 7.56. The number of ether oxygens (including phenoxy) is 2. The average Bonchev–Trinajstić information content (AvgIpc) is 1.95. The highest BCUT2D eigenvalue weighted by molar-refractivity contribution is 14.1. The number of rotatable bonds is 1. The topological polar surface area (TPSA) is 35.5 Å². The summed E-state index contributed by atoms with van der Waals surface area (Å²) >= 11 is 1.97. The Hall–Kier alpha value is 0.0600. The summed E-state index contributed by atoms with van der Waals surface area (Å²) in [5, 5.41) is 0. The molecule has 1 rings (SSSR count). The predicted octanol–water partition coefficient (Wildman–Crippen LogP) is 0.877. The van der Waals surface area contributed by atoms with Crippen LogP contribution in [0.2, 0.25) is 0 Å². The van der Waals surface area contributed by atoms with Crippen LogP contribution < -0.4 is 0 Å². The maximum absolute atomic E-state index is 10.8. The first-order valence-electron chi connectivity index (χ1n) is 2.79. The molecule has 0 saturated carbocycles. The predicted molar refractivity (Wildman–Crippen MR) is 43.9 cm³/mol. The van der Waals surface area contributed by atoms with Crippen LogP contribution in [-0.2, 0) is 14.3 Å². The van der Waals surface area contributed by atoms with E-state index >= 15 is 0 Å². The highest BCUT2D eigenvalue weighted by Gasteiger charge is 2.17. The molecular weight excluding hydrogens is 247 g/mol. The van der Waals surface area contributed by atoms with Gasteiger partial charge in [0.2, 0.25) is 0 Å². The van der Waals surface area contributed by atoms with E-state index in [1.165, 1.54) is 0 Å². The zero-order valence-electron chi connectivity index (χ0n) is 5.46. The van der Waals surface area contributed by atoms with Gasteiger partial charge in [-0.2, -0.15) is 0 Å². The summed E-state index contributed by atoms with van der Waals surface area (Å²) in [5.41, 5.74) is 0. The van der Waals surface area contributed by atoms with Crippen molar-refractivity contribution in [3.8, 4) is 0 Å². The largest absolute Gasteiger partial charge is 0.352 e. The molecule has 0 aromatic rings. The fourth-order valence-corrected chi connectivity index (χ4v) is 1.07. The van der Waals surface area contributed by atoms with Crippen molar-refractivity contribution >= 4 is 28.4 Å². The molecule has 0 aromatic carbocycles. The lowest BCUT2D eigenvalue weighted by molar-refractivity contribution is -0.136. The lowest BCUT2D eigenvalue weighted by atomic mass is 10.3. The molecule has 10 heavy (non-hydrogen) atoms. The fourth-order valence-electron chi connectivity index (χ4n) is 0.623. The van der Waals surface area contributed by atoms with Gasteiger partial charge in [-0.05, 0) is 28.7 Å². The van der Waals surface area contributed by atoms with Crippen LogP contribution in [-0.4, -0.2) is 25.8 Å². The third-order valence-electron chi connectivity index (χ3n) is 1.16. The molecule has 0 aliphatic carbocycles. The second-order valence-corrected chi connectivity index (χ2v) is 3.02. The van der Waals surface area contributed by atoms with Gasteiger partial charge in [-0.1, -0.05) is 0 Å². The monoisotopic (exact) mass is 254 g/mol. The molecule has 0 fully saturated rings. The smallest absolute Gasteiger partial charge is 0.194 e. The van der Waals surface area contributed by atoms with Crippen LogP contribution in [0, 0.1) is 0 Å². The van der Waals surface area contributed by atoms with Crippen molar-refractivity contribution < 1.29 is 14.3 Å². The highest BCUT2D eigenvalue weighted by atomic mass is 127. The van der Waals surface area contributed by atoms with Crippen molar-refractivity contribution in [3.05, 3.63) is 9.66 Å². The van der Waals surface area contributed by atoms with Crippen molar-refractivity contribution in [3.63, 3.8) is 0 Å². The summed E-state index contributed by atoms with van der Waals surface area (Å²) < 4.78 is 10.5. The minimum absolute atomic E-state index is 0.0221. The Morgan fingerprint density at radius 1 is 1.90 bits per heavy atom. The Morgan fingerprint density at radius 2 is 2.60 bits per heavy atom. The van der Waals surface area contributed by atoms with Crippen LogP contribution in [0.1, 0.15) is 0 Å². The first-order valence-corrected chi connectivity index (χ1v) is 3.87. The van der Waals surface area contributed by atoms with Crippen LogP contribution in [0.15, 0.2) is 9.66 Å². The summed E-state index contributed by atoms with van der Waals surface area (Å²) in [6.07, 6.45) is 1.32. The molecule has 0 radical (unpaired) electrons. The number of carbonyl (C=O) groups is 1. The Morgan fingerprint density at radius 3 is 3.10 bits per heavy atom. The molecule has 0 saturated heterocycles. The molecular formula is C6H7IO3. The Labute approximate surface area is 72.5 Å². The molecule has 1 aliphatic heterocycles. The second-order valence-electron chi connectivity index (χ2n) is 1.85. The summed E-state index contributed by atoms with van der Waals surface area (Å²) in [6, 6.07) is 0. The van der Waals surface area contributed by atoms with Gasteiger partial charge in [0.1, 0.15) is 6.61 Å². The maximum atomic E-state index is 10.8. The summed E-state index contributed by atoms with van der Waals surface area (Å²) in [4.78, 5) is 10.8. The van der Waals surface area contributed by atoms with Crippen molar-refractivity contribution in [2.75, 3.05) is 13.7 Å². The van der Waals surface area contributed by atoms with Crippen molar-refractivity contribution in [1.29, 1.82) is 0 Å². The molecule has 1 atom stereocenters. The average molecular weight is 254 g/mol. The minimum Gasteiger partial charge on any atom is -0.352 e. The van der Waals surface area contributed by atoms with Gasteiger partial charge < -0.3 is 9.47 Å². The van der Waals surface area contributed by atoms with Crippen LogP contribution in [0.4, 0.5) is 0 Å². The van der Waals surface area contributed by atoms with E-state index in [4.69, 9.17) is 9.47 Å². The van der Waals surface area contributed by atoms with E-state index in [0.717, 1.165) is 0 Å². The van der Waals surface area contributed by atoms with Crippen LogP contribution in [0.5, 0.6) is 0 Å². The Bertz CT molecular complexity index is 176. The van der Waals surface area contributed by atoms with Crippen LogP contribution in [0.25, 0.3) is 0 Å². The summed E-state index contributed by atoms with van der Waals surface area (Å²) in [7, 11) is 1.54. The Kier molecular flexibility index (Phi) is 2.82. The SMILES string of the molecule is CO[C@H]1C=C(I)C(=O)CO1. The number of methoxy groups -OCH3 is 1. The molecule has 1 aliphatic rings. The number of Topliss-reactive ketones (excluding diaryl/α,β-unsaturated/α-hetero) is 1. The normalized spacial score (nSPS) is 26.4. The third-order valence-corrected chi connectivity index (χ3v) is 2.12. The van der Waals surface area contributed by atoms with E-state index in [1.807, 2.05) is 22.6 Å². The fraction of sp³-hybridized carbons (Fsp3) is 0.500. The molecule has 0 N–H and O–H groups in total. The molecule has 56 valence electrons. The lowest BCUT2D eigenvalue weighted by Gasteiger charge is -2.16. The molecule has 3 nitrogen and oxygen atoms in total. The lowest BCUT2D eigenvalue weighted by Crippen LogP contribution is -2.24. The van der Waals surface area contributed by atoms with E-state index in [2.05, 4.69) is 0 Å². The first kappa shape index (κ1) is 8.16. The van der Waals surface area contributed by atoms with Gasteiger partial charge in [-0.25, -0.2) is 0 Å². The highest BCUT2D eigenvalue weighted by Crippen LogP contribution is 2.15. The van der Waals surface area contributed by atoms with E-state index < -0.39 is 0 Å². The van der Waals surface area contributed by atoms with Crippen LogP contribution in [0.3, 0.4) is 0 Å². The van der Waals surface area contributed by atoms with Crippen molar-refractivity contribution in [2.24, 2.45) is 0 Å². The zero-order valence-corrected chi connectivity index (χ0v) is 7.62. The molecule has 0 amide bonds. The first-order chi connectivity index (χ1) is 4.74. The van der Waals surface area contributed by atoms with Crippen LogP contribution >= 0.6 is 22.6 Å². The number of ketones is 1. The minimum atomic E-state index is -0.343. The van der Waals surface area contributed by atoms with E-state index in [0.29, 0.717) is 3.58 Å². The van der Waals surface area contributed by atoms with Gasteiger partial charge in [0.15, 0.2) is 12.1 Å². The van der Waals surface area contributed by atoms with Gasteiger partial charge in [-0.15, -0.1) is 0 Å². The Balaban J connectivity index is 2.65. The van der Waals surface area contributed by atoms with E-state index in [-0.39, 0.29) is 18.7 Å². The number of halogens is 1. The quantitative estimate of drug-likeness (QED) is 0.651. The third kappa shape index (κ3) is 1.77. The molecule has 0 aromatic heterocycles. The van der Waals surface area contributed by atoms with E-state index in [1.54, 1.807) is 13.2 Å². The summed E-state index contributed by atoms with van der Waals surface area (Å²) in [6.45, 7) is 0.132. The van der Waals surface area contributed by atoms with Gasteiger partial charge in [-0.3, -0.25) is 4.79 Å². The van der Waals surface area contributed by atoms with Gasteiger partial charge in [0.25, 0.3) is 0 Å². The summed E-state index contributed by atoms with van der Waals surface area (Å²) in [5.74, 6) is 0.0221. The van der Waals surface area contributed by atoms with Gasteiger partial charge in [0, 0.05) is 7.11 Å².